The zero-order valence-corrected chi connectivity index (χ0v) is 11.7. The van der Waals surface area contributed by atoms with Crippen LogP contribution in [0.2, 0.25) is 0 Å². The van der Waals surface area contributed by atoms with Crippen LogP contribution in [-0.4, -0.2) is 35.4 Å². The number of hydrogen-bond acceptors (Lipinski definition) is 2. The molecule has 2 nitrogen and oxygen atoms in total. The number of nitrogens with zero attached hydrogens (tertiary/aromatic N) is 2. The minimum absolute atomic E-state index is 0.00353. The van der Waals surface area contributed by atoms with Crippen LogP contribution in [0.5, 0.6) is 0 Å². The fourth-order valence-electron chi connectivity index (χ4n) is 3.29. The molecule has 0 bridgehead atoms. The van der Waals surface area contributed by atoms with Crippen molar-refractivity contribution in [2.45, 2.75) is 24.4 Å². The summed E-state index contributed by atoms with van der Waals surface area (Å²) in [6, 6.07) is 2.70. The molecular weight excluding hydrogens is 289 g/mol. The highest BCUT2D eigenvalue weighted by Crippen LogP contribution is 2.58. The fourth-order valence-corrected chi connectivity index (χ4v) is 3.41. The summed E-state index contributed by atoms with van der Waals surface area (Å²) in [6.07, 6.45) is -1.36. The van der Waals surface area contributed by atoms with Crippen molar-refractivity contribution in [2.24, 2.45) is 5.92 Å². The minimum atomic E-state index is -4.31. The van der Waals surface area contributed by atoms with Crippen molar-refractivity contribution in [2.75, 3.05) is 25.5 Å². The standard InChI is InChI=1S/C14H16ClF3N2/c15-4-1-5-20-8-11-6-13(11,9-20)12-3-2-10(7-19-12)14(16,17)18/h2-3,7,11H,1,4-6,8-9H2. The Labute approximate surface area is 120 Å². The smallest absolute Gasteiger partial charge is 0.302 e. The third-order valence-corrected chi connectivity index (χ3v) is 4.69. The van der Waals surface area contributed by atoms with Gasteiger partial charge in [-0.15, -0.1) is 11.6 Å². The van der Waals surface area contributed by atoms with Gasteiger partial charge in [0.15, 0.2) is 0 Å². The van der Waals surface area contributed by atoms with E-state index in [2.05, 4.69) is 9.88 Å². The molecule has 0 spiro atoms. The van der Waals surface area contributed by atoms with Gasteiger partial charge in [0.2, 0.25) is 0 Å². The first-order chi connectivity index (χ1) is 9.45. The van der Waals surface area contributed by atoms with Crippen LogP contribution in [0.3, 0.4) is 0 Å². The lowest BCUT2D eigenvalue weighted by Gasteiger charge is -2.20. The van der Waals surface area contributed by atoms with Gasteiger partial charge < -0.3 is 4.90 Å². The summed E-state index contributed by atoms with van der Waals surface area (Å²) in [6.45, 7) is 2.87. The van der Waals surface area contributed by atoms with Crippen LogP contribution in [0, 0.1) is 5.92 Å². The Kier molecular flexibility index (Phi) is 3.45. The van der Waals surface area contributed by atoms with Crippen LogP contribution in [0.25, 0.3) is 0 Å². The van der Waals surface area contributed by atoms with Crippen LogP contribution in [-0.2, 0) is 11.6 Å². The summed E-state index contributed by atoms with van der Waals surface area (Å²) >= 11 is 5.69. The molecule has 1 aromatic heterocycles. The average molecular weight is 305 g/mol. The Morgan fingerprint density at radius 1 is 1.40 bits per heavy atom. The lowest BCUT2D eigenvalue weighted by Crippen LogP contribution is -2.28. The predicted molar refractivity (Wildman–Crippen MR) is 70.8 cm³/mol. The Hall–Kier alpha value is -0.810. The molecule has 1 saturated heterocycles. The lowest BCUT2D eigenvalue weighted by atomic mass is 10.00. The second-order valence-electron chi connectivity index (χ2n) is 5.76. The molecule has 2 heterocycles. The van der Waals surface area contributed by atoms with Gasteiger partial charge in [0.1, 0.15) is 0 Å². The molecule has 0 radical (unpaired) electrons. The molecule has 2 atom stereocenters. The number of hydrogen-bond donors (Lipinski definition) is 0. The third-order valence-electron chi connectivity index (χ3n) is 4.43. The average Bonchev–Trinajstić information content (AvgIpc) is 2.99. The molecule has 1 aliphatic heterocycles. The van der Waals surface area contributed by atoms with Crippen molar-refractivity contribution in [3.63, 3.8) is 0 Å². The number of aromatic nitrogens is 1. The number of rotatable bonds is 4. The molecule has 1 aromatic rings. The number of fused-ring (bicyclic) bond motifs is 1. The Morgan fingerprint density at radius 2 is 2.20 bits per heavy atom. The van der Waals surface area contributed by atoms with Gasteiger partial charge in [-0.05, 0) is 37.4 Å². The molecule has 2 aliphatic rings. The summed E-state index contributed by atoms with van der Waals surface area (Å²) < 4.78 is 37.6. The fraction of sp³-hybridized carbons (Fsp3) is 0.643. The van der Waals surface area contributed by atoms with Gasteiger partial charge in [0.25, 0.3) is 0 Å². The molecule has 110 valence electrons. The highest BCUT2D eigenvalue weighted by Gasteiger charge is 2.61. The van der Waals surface area contributed by atoms with Gasteiger partial charge in [-0.3, -0.25) is 4.98 Å². The molecule has 6 heteroatoms. The van der Waals surface area contributed by atoms with E-state index in [0.717, 1.165) is 50.4 Å². The lowest BCUT2D eigenvalue weighted by molar-refractivity contribution is -0.137. The van der Waals surface area contributed by atoms with Crippen LogP contribution in [0.4, 0.5) is 13.2 Å². The molecule has 2 fully saturated rings. The van der Waals surface area contributed by atoms with E-state index in [1.165, 1.54) is 0 Å². The monoisotopic (exact) mass is 304 g/mol. The van der Waals surface area contributed by atoms with Gasteiger partial charge >= 0.3 is 6.18 Å². The zero-order valence-electron chi connectivity index (χ0n) is 11.0. The first-order valence-electron chi connectivity index (χ1n) is 6.78. The summed E-state index contributed by atoms with van der Waals surface area (Å²) in [5.74, 6) is 1.19. The van der Waals surface area contributed by atoms with Crippen LogP contribution < -0.4 is 0 Å². The van der Waals surface area contributed by atoms with E-state index in [0.29, 0.717) is 11.8 Å². The van der Waals surface area contributed by atoms with E-state index in [1.54, 1.807) is 6.07 Å². The Bertz CT molecular complexity index is 488. The van der Waals surface area contributed by atoms with Crippen LogP contribution >= 0.6 is 11.6 Å². The number of pyridine rings is 1. The summed E-state index contributed by atoms with van der Waals surface area (Å²) in [4.78, 5) is 6.43. The van der Waals surface area contributed by atoms with E-state index in [4.69, 9.17) is 11.6 Å². The molecular formula is C14H16ClF3N2. The van der Waals surface area contributed by atoms with E-state index in [9.17, 15) is 13.2 Å². The number of likely N-dealkylation sites (tertiary alicyclic amines) is 1. The van der Waals surface area contributed by atoms with Gasteiger partial charge in [0, 0.05) is 36.3 Å². The van der Waals surface area contributed by atoms with E-state index < -0.39 is 11.7 Å². The summed E-state index contributed by atoms with van der Waals surface area (Å²) in [5, 5.41) is 0. The SMILES string of the molecule is FC(F)(F)c1ccc(C23CC2CN(CCCCl)C3)nc1. The largest absolute Gasteiger partial charge is 0.417 e. The Morgan fingerprint density at radius 3 is 2.80 bits per heavy atom. The topological polar surface area (TPSA) is 16.1 Å². The quantitative estimate of drug-likeness (QED) is 0.794. The molecule has 1 aliphatic carbocycles. The second-order valence-corrected chi connectivity index (χ2v) is 6.14. The second kappa shape index (κ2) is 4.88. The summed E-state index contributed by atoms with van der Waals surface area (Å²) in [5.41, 5.74) is 0.131. The Balaban J connectivity index is 1.71. The van der Waals surface area contributed by atoms with Crippen LogP contribution in [0.1, 0.15) is 24.1 Å². The molecule has 1 saturated carbocycles. The van der Waals surface area contributed by atoms with Crippen molar-refractivity contribution in [3.05, 3.63) is 29.6 Å². The maximum atomic E-state index is 12.5. The predicted octanol–water partition coefficient (Wildman–Crippen LogP) is 3.30. The number of alkyl halides is 4. The van der Waals surface area contributed by atoms with Crippen molar-refractivity contribution in [3.8, 4) is 0 Å². The van der Waals surface area contributed by atoms with E-state index >= 15 is 0 Å². The maximum absolute atomic E-state index is 12.5. The van der Waals surface area contributed by atoms with E-state index in [-0.39, 0.29) is 5.41 Å². The minimum Gasteiger partial charge on any atom is -0.302 e. The molecule has 0 amide bonds. The van der Waals surface area contributed by atoms with E-state index in [1.807, 2.05) is 0 Å². The van der Waals surface area contributed by atoms with Crippen molar-refractivity contribution >= 4 is 11.6 Å². The zero-order chi connectivity index (χ0) is 14.4. The van der Waals surface area contributed by atoms with Crippen LogP contribution in [0.15, 0.2) is 18.3 Å². The normalized spacial score (nSPS) is 29.5. The maximum Gasteiger partial charge on any atom is 0.417 e. The first kappa shape index (κ1) is 14.1. The van der Waals surface area contributed by atoms with Crippen molar-refractivity contribution < 1.29 is 13.2 Å². The summed E-state index contributed by atoms with van der Waals surface area (Å²) in [7, 11) is 0. The highest BCUT2D eigenvalue weighted by molar-refractivity contribution is 6.17. The molecule has 0 N–H and O–H groups in total. The van der Waals surface area contributed by atoms with Gasteiger partial charge in [-0.2, -0.15) is 13.2 Å². The third kappa shape index (κ3) is 2.42. The highest BCUT2D eigenvalue weighted by atomic mass is 35.5. The molecule has 3 rings (SSSR count). The number of halogens is 4. The first-order valence-corrected chi connectivity index (χ1v) is 7.31. The van der Waals surface area contributed by atoms with Crippen molar-refractivity contribution in [1.82, 2.24) is 9.88 Å². The molecule has 0 aromatic carbocycles. The van der Waals surface area contributed by atoms with Gasteiger partial charge in [0.05, 0.1) is 5.56 Å². The van der Waals surface area contributed by atoms with Gasteiger partial charge in [-0.1, -0.05) is 0 Å². The van der Waals surface area contributed by atoms with Crippen molar-refractivity contribution in [1.29, 1.82) is 0 Å². The molecule has 2 unspecified atom stereocenters. The van der Waals surface area contributed by atoms with Gasteiger partial charge in [-0.25, -0.2) is 0 Å². The molecule has 20 heavy (non-hydrogen) atoms. The number of piperidine rings is 1.